The van der Waals surface area contributed by atoms with Gasteiger partial charge in [0.1, 0.15) is 0 Å². The Hall–Kier alpha value is -3.26. The molecule has 1 heterocycles. The first-order chi connectivity index (χ1) is 15.1. The van der Waals surface area contributed by atoms with Crippen LogP contribution >= 0.6 is 0 Å². The van der Waals surface area contributed by atoms with Gasteiger partial charge in [-0.1, -0.05) is 87.4 Å². The highest BCUT2D eigenvalue weighted by Crippen LogP contribution is 2.28. The SMILES string of the molecule is C=C.CCC.CCc1ccc(-c2cc3ccccc3[nH]2)cc1NCc1ccc(C)cc1. The molecule has 31 heavy (non-hydrogen) atoms. The van der Waals surface area contributed by atoms with Crippen LogP contribution in [0.15, 0.2) is 86.0 Å². The summed E-state index contributed by atoms with van der Waals surface area (Å²) in [5.41, 5.74) is 8.70. The normalized spacial score (nSPS) is 9.94. The fourth-order valence-corrected chi connectivity index (χ4v) is 3.35. The summed E-state index contributed by atoms with van der Waals surface area (Å²) in [6.07, 6.45) is 2.27. The van der Waals surface area contributed by atoms with Crippen LogP contribution in [0.25, 0.3) is 22.2 Å². The minimum Gasteiger partial charge on any atom is -0.381 e. The fourth-order valence-electron chi connectivity index (χ4n) is 3.35. The lowest BCUT2D eigenvalue weighted by Crippen LogP contribution is -2.02. The first-order valence-electron chi connectivity index (χ1n) is 11.1. The van der Waals surface area contributed by atoms with Crippen LogP contribution in [0.2, 0.25) is 0 Å². The maximum Gasteiger partial charge on any atom is 0.0465 e. The number of aryl methyl sites for hydroxylation is 2. The Morgan fingerprint density at radius 3 is 2.16 bits per heavy atom. The Morgan fingerprint density at radius 2 is 1.52 bits per heavy atom. The van der Waals surface area contributed by atoms with Gasteiger partial charge in [0.05, 0.1) is 0 Å². The highest BCUT2D eigenvalue weighted by Gasteiger charge is 2.07. The number of rotatable bonds is 5. The molecule has 0 atom stereocenters. The Balaban J connectivity index is 0.000000630. The van der Waals surface area contributed by atoms with Gasteiger partial charge in [-0.25, -0.2) is 0 Å². The monoisotopic (exact) mass is 412 g/mol. The second kappa shape index (κ2) is 12.4. The molecule has 0 fully saturated rings. The third-order valence-corrected chi connectivity index (χ3v) is 4.94. The van der Waals surface area contributed by atoms with Crippen LogP contribution in [0.5, 0.6) is 0 Å². The molecule has 2 heteroatoms. The standard InChI is InChI=1S/C24H24N2.C3H8.C2H4/c1-3-19-12-13-21(24-15-20-6-4-5-7-22(20)26-24)14-23(19)25-16-18-10-8-17(2)9-11-18;1-3-2;1-2/h4-15,25-26H,3,16H2,1-2H3;3H2,1-2H3;1-2H2. The number of fused-ring (bicyclic) bond motifs is 1. The maximum absolute atomic E-state index is 3.63. The summed E-state index contributed by atoms with van der Waals surface area (Å²) in [5, 5.41) is 4.88. The lowest BCUT2D eigenvalue weighted by Gasteiger charge is -2.13. The van der Waals surface area contributed by atoms with Crippen molar-refractivity contribution in [2.45, 2.75) is 47.1 Å². The molecular formula is C29H36N2. The Labute approximate surface area is 188 Å². The van der Waals surface area contributed by atoms with Gasteiger partial charge in [-0.2, -0.15) is 0 Å². The van der Waals surface area contributed by atoms with Crippen LogP contribution < -0.4 is 5.32 Å². The van der Waals surface area contributed by atoms with E-state index in [0.717, 1.165) is 18.7 Å². The minimum absolute atomic E-state index is 0.837. The van der Waals surface area contributed by atoms with Gasteiger partial charge in [-0.3, -0.25) is 0 Å². The number of aromatic amines is 1. The zero-order valence-corrected chi connectivity index (χ0v) is 19.5. The van der Waals surface area contributed by atoms with Gasteiger partial charge in [-0.05, 0) is 42.7 Å². The van der Waals surface area contributed by atoms with E-state index in [1.54, 1.807) is 0 Å². The van der Waals surface area contributed by atoms with Crippen LogP contribution in [0.4, 0.5) is 5.69 Å². The van der Waals surface area contributed by atoms with Crippen molar-refractivity contribution in [3.8, 4) is 11.3 Å². The van der Waals surface area contributed by atoms with Crippen LogP contribution in [-0.4, -0.2) is 4.98 Å². The number of benzene rings is 3. The molecule has 0 amide bonds. The number of para-hydroxylation sites is 1. The molecule has 0 aliphatic carbocycles. The van der Waals surface area contributed by atoms with E-state index < -0.39 is 0 Å². The molecule has 4 aromatic rings. The molecule has 0 unspecified atom stereocenters. The zero-order chi connectivity index (χ0) is 22.6. The number of nitrogens with one attached hydrogen (secondary N) is 2. The lowest BCUT2D eigenvalue weighted by molar-refractivity contribution is 1.09. The molecule has 0 bridgehead atoms. The molecule has 1 aromatic heterocycles. The number of aromatic nitrogens is 1. The van der Waals surface area contributed by atoms with E-state index in [1.807, 2.05) is 0 Å². The summed E-state index contributed by atoms with van der Waals surface area (Å²) in [5.74, 6) is 0. The topological polar surface area (TPSA) is 27.8 Å². The van der Waals surface area contributed by atoms with Crippen molar-refractivity contribution in [3.63, 3.8) is 0 Å². The first kappa shape index (κ1) is 24.0. The van der Waals surface area contributed by atoms with Gasteiger partial charge >= 0.3 is 0 Å². The van der Waals surface area contributed by atoms with Crippen LogP contribution in [0, 0.1) is 6.92 Å². The van der Waals surface area contributed by atoms with E-state index in [9.17, 15) is 0 Å². The molecule has 2 N–H and O–H groups in total. The van der Waals surface area contributed by atoms with Crippen LogP contribution in [0.1, 0.15) is 43.9 Å². The van der Waals surface area contributed by atoms with Crippen molar-refractivity contribution >= 4 is 16.6 Å². The number of H-pyrrole nitrogens is 1. The van der Waals surface area contributed by atoms with Crippen molar-refractivity contribution in [1.29, 1.82) is 0 Å². The Morgan fingerprint density at radius 1 is 0.839 bits per heavy atom. The molecule has 0 aliphatic heterocycles. The fraction of sp³-hybridized carbons (Fsp3) is 0.241. The second-order valence-electron chi connectivity index (χ2n) is 7.54. The highest BCUT2D eigenvalue weighted by atomic mass is 14.9. The Kier molecular flexibility index (Phi) is 9.64. The van der Waals surface area contributed by atoms with E-state index >= 15 is 0 Å². The second-order valence-corrected chi connectivity index (χ2v) is 7.54. The summed E-state index contributed by atoms with van der Waals surface area (Å²) in [4.78, 5) is 3.53. The maximum atomic E-state index is 3.63. The predicted octanol–water partition coefficient (Wildman–Crippen LogP) is 8.54. The van der Waals surface area contributed by atoms with Crippen molar-refractivity contribution in [2.24, 2.45) is 0 Å². The summed E-state index contributed by atoms with van der Waals surface area (Å²) >= 11 is 0. The van der Waals surface area contributed by atoms with Gasteiger partial charge < -0.3 is 10.3 Å². The van der Waals surface area contributed by atoms with Crippen LogP contribution in [-0.2, 0) is 13.0 Å². The molecule has 2 nitrogen and oxygen atoms in total. The van der Waals surface area contributed by atoms with Gasteiger partial charge in [-0.15, -0.1) is 13.2 Å². The van der Waals surface area contributed by atoms with Crippen molar-refractivity contribution in [2.75, 3.05) is 5.32 Å². The zero-order valence-electron chi connectivity index (χ0n) is 19.5. The number of hydrogen-bond donors (Lipinski definition) is 2. The lowest BCUT2D eigenvalue weighted by atomic mass is 10.0. The first-order valence-corrected chi connectivity index (χ1v) is 11.1. The van der Waals surface area contributed by atoms with E-state index in [2.05, 4.69) is 124 Å². The number of anilines is 1. The molecular weight excluding hydrogens is 376 g/mol. The summed E-state index contributed by atoms with van der Waals surface area (Å²) in [6, 6.07) is 26.0. The molecule has 0 spiro atoms. The molecule has 0 aliphatic rings. The van der Waals surface area contributed by atoms with E-state index in [-0.39, 0.29) is 0 Å². The van der Waals surface area contributed by atoms with Crippen molar-refractivity contribution in [3.05, 3.63) is 103 Å². The van der Waals surface area contributed by atoms with Gasteiger partial charge in [0.25, 0.3) is 0 Å². The molecule has 0 saturated carbocycles. The van der Waals surface area contributed by atoms with Gasteiger partial charge in [0.15, 0.2) is 0 Å². The van der Waals surface area contributed by atoms with E-state index in [1.165, 1.54) is 45.3 Å². The molecule has 0 radical (unpaired) electrons. The number of hydrogen-bond acceptors (Lipinski definition) is 1. The van der Waals surface area contributed by atoms with Crippen molar-refractivity contribution in [1.82, 2.24) is 4.98 Å². The Bertz CT molecular complexity index is 1020. The van der Waals surface area contributed by atoms with E-state index in [0.29, 0.717) is 0 Å². The van der Waals surface area contributed by atoms with E-state index in [4.69, 9.17) is 0 Å². The summed E-state index contributed by atoms with van der Waals surface area (Å²) in [6.45, 7) is 15.4. The highest BCUT2D eigenvalue weighted by molar-refractivity contribution is 5.86. The van der Waals surface area contributed by atoms with Gasteiger partial charge in [0.2, 0.25) is 0 Å². The molecule has 0 saturated heterocycles. The van der Waals surface area contributed by atoms with Crippen molar-refractivity contribution < 1.29 is 0 Å². The van der Waals surface area contributed by atoms with Crippen LogP contribution in [0.3, 0.4) is 0 Å². The summed E-state index contributed by atoms with van der Waals surface area (Å²) in [7, 11) is 0. The molecule has 3 aromatic carbocycles. The average molecular weight is 413 g/mol. The molecule has 4 rings (SSSR count). The minimum atomic E-state index is 0.837. The third kappa shape index (κ3) is 6.62. The largest absolute Gasteiger partial charge is 0.381 e. The smallest absolute Gasteiger partial charge is 0.0465 e. The quantitative estimate of drug-likeness (QED) is 0.316. The summed E-state index contributed by atoms with van der Waals surface area (Å²) < 4.78 is 0. The third-order valence-electron chi connectivity index (χ3n) is 4.94. The van der Waals surface area contributed by atoms with Gasteiger partial charge in [0, 0.05) is 34.4 Å². The molecule has 162 valence electrons. The average Bonchev–Trinajstić information content (AvgIpc) is 3.25. The predicted molar refractivity (Wildman–Crippen MR) is 139 cm³/mol.